The number of nitrogens with zero attached hydrogens (tertiary/aromatic N) is 1. The van der Waals surface area contributed by atoms with Crippen molar-refractivity contribution in [3.05, 3.63) is 29.3 Å². The van der Waals surface area contributed by atoms with Crippen molar-refractivity contribution >= 4 is 11.9 Å². The molecule has 1 amide bonds. The molecule has 5 heteroatoms. The van der Waals surface area contributed by atoms with E-state index in [-0.39, 0.29) is 12.5 Å². The lowest BCUT2D eigenvalue weighted by atomic mass is 10.1. The number of carboxylic acid groups (broad SMARTS) is 1. The number of methoxy groups -OCH3 is 1. The summed E-state index contributed by atoms with van der Waals surface area (Å²) < 4.78 is 5.26. The fourth-order valence-electron chi connectivity index (χ4n) is 2.40. The highest BCUT2D eigenvalue weighted by molar-refractivity contribution is 5.87. The van der Waals surface area contributed by atoms with E-state index in [9.17, 15) is 9.59 Å². The maximum absolute atomic E-state index is 11.8. The van der Waals surface area contributed by atoms with Gasteiger partial charge >= 0.3 is 5.97 Å². The Morgan fingerprint density at radius 3 is 2.89 bits per heavy atom. The second kappa shape index (κ2) is 5.30. The Labute approximate surface area is 111 Å². The summed E-state index contributed by atoms with van der Waals surface area (Å²) in [5.41, 5.74) is 1.89. The fourth-order valence-corrected chi connectivity index (χ4v) is 2.40. The number of hydrogen-bond donors (Lipinski definition) is 1. The minimum atomic E-state index is -0.947. The van der Waals surface area contributed by atoms with E-state index in [4.69, 9.17) is 9.84 Å². The van der Waals surface area contributed by atoms with Gasteiger partial charge in [0.1, 0.15) is 11.8 Å². The van der Waals surface area contributed by atoms with E-state index in [1.807, 2.05) is 25.1 Å². The molecule has 0 aromatic heterocycles. The number of amides is 1. The zero-order valence-electron chi connectivity index (χ0n) is 11.0. The Morgan fingerprint density at radius 2 is 2.26 bits per heavy atom. The van der Waals surface area contributed by atoms with Crippen molar-refractivity contribution in [1.29, 1.82) is 0 Å². The van der Waals surface area contributed by atoms with Gasteiger partial charge in [0.25, 0.3) is 0 Å². The van der Waals surface area contributed by atoms with Gasteiger partial charge in [-0.1, -0.05) is 17.7 Å². The quantitative estimate of drug-likeness (QED) is 0.895. The van der Waals surface area contributed by atoms with E-state index in [1.54, 1.807) is 7.11 Å². The van der Waals surface area contributed by atoms with Gasteiger partial charge in [0.15, 0.2) is 0 Å². The van der Waals surface area contributed by atoms with E-state index in [1.165, 1.54) is 4.90 Å². The van der Waals surface area contributed by atoms with Gasteiger partial charge in [-0.15, -0.1) is 0 Å². The van der Waals surface area contributed by atoms with E-state index in [0.29, 0.717) is 18.6 Å². The molecule has 0 radical (unpaired) electrons. The van der Waals surface area contributed by atoms with Crippen molar-refractivity contribution in [1.82, 2.24) is 4.90 Å². The molecule has 0 aliphatic carbocycles. The Kier molecular flexibility index (Phi) is 3.74. The molecule has 1 aliphatic rings. The first-order chi connectivity index (χ1) is 9.02. The van der Waals surface area contributed by atoms with E-state index >= 15 is 0 Å². The largest absolute Gasteiger partial charge is 0.496 e. The Balaban J connectivity index is 2.26. The standard InChI is InChI=1S/C14H17NO4/c1-9-3-5-12(19-2)10(7-9)8-15-11(14(17)18)4-6-13(15)16/h3,5,7,11H,4,6,8H2,1-2H3,(H,17,18). The molecule has 0 saturated carbocycles. The third-order valence-corrected chi connectivity index (χ3v) is 3.39. The van der Waals surface area contributed by atoms with Crippen LogP contribution in [-0.4, -0.2) is 35.0 Å². The molecule has 1 saturated heterocycles. The molecule has 0 spiro atoms. The molecule has 1 unspecified atom stereocenters. The lowest BCUT2D eigenvalue weighted by molar-refractivity contribution is -0.146. The molecule has 0 bridgehead atoms. The average molecular weight is 263 g/mol. The summed E-state index contributed by atoms with van der Waals surface area (Å²) in [6.45, 7) is 2.23. The molecule has 1 fully saturated rings. The molecule has 1 aromatic carbocycles. The van der Waals surface area contributed by atoms with Gasteiger partial charge in [-0.25, -0.2) is 4.79 Å². The van der Waals surface area contributed by atoms with Gasteiger partial charge in [-0.2, -0.15) is 0 Å². The lowest BCUT2D eigenvalue weighted by Crippen LogP contribution is -2.38. The van der Waals surface area contributed by atoms with Crippen LogP contribution in [0.4, 0.5) is 0 Å². The summed E-state index contributed by atoms with van der Waals surface area (Å²) in [6, 6.07) is 4.95. The molecule has 1 aliphatic heterocycles. The zero-order chi connectivity index (χ0) is 14.0. The highest BCUT2D eigenvalue weighted by Gasteiger charge is 2.36. The number of hydrogen-bond acceptors (Lipinski definition) is 3. The second-order valence-corrected chi connectivity index (χ2v) is 4.73. The molecule has 5 nitrogen and oxygen atoms in total. The average Bonchev–Trinajstić information content (AvgIpc) is 2.72. The maximum Gasteiger partial charge on any atom is 0.326 e. The second-order valence-electron chi connectivity index (χ2n) is 4.73. The minimum Gasteiger partial charge on any atom is -0.496 e. The van der Waals surface area contributed by atoms with E-state index in [2.05, 4.69) is 0 Å². The van der Waals surface area contributed by atoms with Gasteiger partial charge in [0.05, 0.1) is 13.7 Å². The van der Waals surface area contributed by atoms with Gasteiger partial charge < -0.3 is 14.7 Å². The Hall–Kier alpha value is -2.04. The van der Waals surface area contributed by atoms with Crippen molar-refractivity contribution in [3.63, 3.8) is 0 Å². The number of ether oxygens (including phenoxy) is 1. The first-order valence-corrected chi connectivity index (χ1v) is 6.18. The summed E-state index contributed by atoms with van der Waals surface area (Å²) in [4.78, 5) is 24.4. The summed E-state index contributed by atoms with van der Waals surface area (Å²) in [5, 5.41) is 9.14. The van der Waals surface area contributed by atoms with Crippen LogP contribution < -0.4 is 4.74 Å². The van der Waals surface area contributed by atoms with E-state index in [0.717, 1.165) is 11.1 Å². The number of likely N-dealkylation sites (tertiary alicyclic amines) is 1. The summed E-state index contributed by atoms with van der Waals surface area (Å²) in [7, 11) is 1.56. The van der Waals surface area contributed by atoms with Crippen LogP contribution in [0.15, 0.2) is 18.2 Å². The third kappa shape index (κ3) is 2.70. The minimum absolute atomic E-state index is 0.115. The summed E-state index contributed by atoms with van der Waals surface area (Å²) in [5.74, 6) is -0.386. The highest BCUT2D eigenvalue weighted by atomic mass is 16.5. The third-order valence-electron chi connectivity index (χ3n) is 3.39. The molecular weight excluding hydrogens is 246 g/mol. The molecular formula is C14H17NO4. The van der Waals surface area contributed by atoms with Crippen LogP contribution in [0.25, 0.3) is 0 Å². The predicted octanol–water partition coefficient (Wildman–Crippen LogP) is 1.58. The van der Waals surface area contributed by atoms with Crippen molar-refractivity contribution in [2.45, 2.75) is 32.4 Å². The van der Waals surface area contributed by atoms with Crippen LogP contribution in [0.2, 0.25) is 0 Å². The van der Waals surface area contributed by atoms with Crippen LogP contribution >= 0.6 is 0 Å². The van der Waals surface area contributed by atoms with Gasteiger partial charge in [-0.3, -0.25) is 4.79 Å². The highest BCUT2D eigenvalue weighted by Crippen LogP contribution is 2.26. The van der Waals surface area contributed by atoms with Crippen LogP contribution in [0, 0.1) is 6.92 Å². The number of carboxylic acids is 1. The molecule has 102 valence electrons. The summed E-state index contributed by atoms with van der Waals surface area (Å²) >= 11 is 0. The molecule has 1 atom stereocenters. The number of aryl methyl sites for hydroxylation is 1. The number of benzene rings is 1. The normalized spacial score (nSPS) is 18.7. The molecule has 1 heterocycles. The number of rotatable bonds is 4. The van der Waals surface area contributed by atoms with Crippen molar-refractivity contribution < 1.29 is 19.4 Å². The van der Waals surface area contributed by atoms with Crippen molar-refractivity contribution in [3.8, 4) is 5.75 Å². The SMILES string of the molecule is COc1ccc(C)cc1CN1C(=O)CCC1C(=O)O. The van der Waals surface area contributed by atoms with Gasteiger partial charge in [0, 0.05) is 12.0 Å². The molecule has 1 aromatic rings. The van der Waals surface area contributed by atoms with Crippen LogP contribution in [-0.2, 0) is 16.1 Å². The number of carbonyl (C=O) groups excluding carboxylic acids is 1. The van der Waals surface area contributed by atoms with Crippen LogP contribution in [0.5, 0.6) is 5.75 Å². The first kappa shape index (κ1) is 13.4. The lowest BCUT2D eigenvalue weighted by Gasteiger charge is -2.22. The molecule has 2 rings (SSSR count). The maximum atomic E-state index is 11.8. The Morgan fingerprint density at radius 1 is 1.53 bits per heavy atom. The number of carbonyl (C=O) groups is 2. The van der Waals surface area contributed by atoms with Crippen LogP contribution in [0.3, 0.4) is 0 Å². The van der Waals surface area contributed by atoms with E-state index < -0.39 is 12.0 Å². The van der Waals surface area contributed by atoms with Crippen molar-refractivity contribution in [2.24, 2.45) is 0 Å². The van der Waals surface area contributed by atoms with Gasteiger partial charge in [-0.05, 0) is 19.4 Å². The number of aliphatic carboxylic acids is 1. The van der Waals surface area contributed by atoms with Crippen molar-refractivity contribution in [2.75, 3.05) is 7.11 Å². The fraction of sp³-hybridized carbons (Fsp3) is 0.429. The van der Waals surface area contributed by atoms with Gasteiger partial charge in [0.2, 0.25) is 5.91 Å². The topological polar surface area (TPSA) is 66.8 Å². The first-order valence-electron chi connectivity index (χ1n) is 6.18. The Bertz CT molecular complexity index is 512. The predicted molar refractivity (Wildman–Crippen MR) is 68.9 cm³/mol. The zero-order valence-corrected chi connectivity index (χ0v) is 11.0. The molecule has 1 N–H and O–H groups in total. The molecule has 19 heavy (non-hydrogen) atoms. The summed E-state index contributed by atoms with van der Waals surface area (Å²) in [6.07, 6.45) is 0.674. The smallest absolute Gasteiger partial charge is 0.326 e. The van der Waals surface area contributed by atoms with Crippen LogP contribution in [0.1, 0.15) is 24.0 Å². The monoisotopic (exact) mass is 263 g/mol.